The van der Waals surface area contributed by atoms with Gasteiger partial charge in [0.2, 0.25) is 11.8 Å². The normalized spacial score (nSPS) is 17.0. The number of pyridine rings is 1. The summed E-state index contributed by atoms with van der Waals surface area (Å²) in [7, 11) is 0. The molecular formula is C24H25N3O2. The lowest BCUT2D eigenvalue weighted by atomic mass is 9.87. The van der Waals surface area contributed by atoms with Crippen molar-refractivity contribution in [2.75, 3.05) is 16.8 Å². The fourth-order valence-electron chi connectivity index (χ4n) is 3.72. The fourth-order valence-corrected chi connectivity index (χ4v) is 3.72. The van der Waals surface area contributed by atoms with Crippen LogP contribution in [0.4, 0.5) is 11.4 Å². The van der Waals surface area contributed by atoms with Gasteiger partial charge in [0.15, 0.2) is 0 Å². The van der Waals surface area contributed by atoms with E-state index in [1.807, 2.05) is 54.6 Å². The van der Waals surface area contributed by atoms with Crippen molar-refractivity contribution in [1.29, 1.82) is 0 Å². The van der Waals surface area contributed by atoms with E-state index in [4.69, 9.17) is 0 Å². The number of hydrogen-bond donors (Lipinski definition) is 1. The van der Waals surface area contributed by atoms with Crippen molar-refractivity contribution in [2.24, 2.45) is 5.92 Å². The summed E-state index contributed by atoms with van der Waals surface area (Å²) in [6, 6.07) is 17.5. The summed E-state index contributed by atoms with van der Waals surface area (Å²) in [5, 5.41) is 3.94. The van der Waals surface area contributed by atoms with Crippen LogP contribution < -0.4 is 10.2 Å². The van der Waals surface area contributed by atoms with Gasteiger partial charge in [0.1, 0.15) is 0 Å². The second-order valence-corrected chi connectivity index (χ2v) is 8.57. The number of aromatic nitrogens is 1. The van der Waals surface area contributed by atoms with E-state index in [1.165, 1.54) is 5.56 Å². The van der Waals surface area contributed by atoms with Crippen molar-refractivity contribution in [3.8, 4) is 0 Å². The molecule has 29 heavy (non-hydrogen) atoms. The molecule has 1 atom stereocenters. The molecule has 4 rings (SSSR count). The largest absolute Gasteiger partial charge is 0.326 e. The summed E-state index contributed by atoms with van der Waals surface area (Å²) >= 11 is 0. The first-order valence-electron chi connectivity index (χ1n) is 9.88. The van der Waals surface area contributed by atoms with Crippen molar-refractivity contribution < 1.29 is 9.59 Å². The molecule has 148 valence electrons. The standard InChI is InChI=1S/C24H25N3O2/c1-24(2,3)18-9-11-19(12-10-18)26-23(29)17-14-21(28)27(15-17)20-8-4-6-16-7-5-13-25-22(16)20/h4-13,17H,14-15H2,1-3H3,(H,26,29). The maximum atomic E-state index is 12.8. The van der Waals surface area contributed by atoms with Gasteiger partial charge in [-0.25, -0.2) is 0 Å². The molecule has 2 amide bonds. The number of amides is 2. The maximum absolute atomic E-state index is 12.8. The monoisotopic (exact) mass is 387 g/mol. The van der Waals surface area contributed by atoms with Gasteiger partial charge < -0.3 is 10.2 Å². The molecule has 2 heterocycles. The molecule has 3 aromatic rings. The van der Waals surface area contributed by atoms with Crippen LogP contribution in [0.1, 0.15) is 32.8 Å². The van der Waals surface area contributed by atoms with Crippen LogP contribution >= 0.6 is 0 Å². The summed E-state index contributed by atoms with van der Waals surface area (Å²) in [4.78, 5) is 31.6. The number of nitrogens with zero attached hydrogens (tertiary/aromatic N) is 2. The first-order valence-corrected chi connectivity index (χ1v) is 9.88. The molecule has 1 aliphatic rings. The number of rotatable bonds is 3. The molecule has 0 spiro atoms. The van der Waals surface area contributed by atoms with Crippen molar-refractivity contribution in [3.05, 3.63) is 66.4 Å². The molecule has 0 bridgehead atoms. The number of benzene rings is 2. The molecule has 1 fully saturated rings. The molecule has 0 aliphatic carbocycles. The highest BCUT2D eigenvalue weighted by Gasteiger charge is 2.36. The minimum atomic E-state index is -0.385. The van der Waals surface area contributed by atoms with E-state index in [-0.39, 0.29) is 29.6 Å². The highest BCUT2D eigenvalue weighted by Crippen LogP contribution is 2.31. The molecule has 1 saturated heterocycles. The molecule has 0 saturated carbocycles. The predicted octanol–water partition coefficient (Wildman–Crippen LogP) is 4.52. The zero-order chi connectivity index (χ0) is 20.6. The van der Waals surface area contributed by atoms with E-state index < -0.39 is 0 Å². The number of fused-ring (bicyclic) bond motifs is 1. The first kappa shape index (κ1) is 19.1. The Morgan fingerprint density at radius 3 is 2.52 bits per heavy atom. The molecular weight excluding hydrogens is 362 g/mol. The average molecular weight is 387 g/mol. The van der Waals surface area contributed by atoms with Gasteiger partial charge >= 0.3 is 0 Å². The Hall–Kier alpha value is -3.21. The maximum Gasteiger partial charge on any atom is 0.229 e. The lowest BCUT2D eigenvalue weighted by molar-refractivity contribution is -0.122. The smallest absolute Gasteiger partial charge is 0.229 e. The molecule has 5 nitrogen and oxygen atoms in total. The zero-order valence-electron chi connectivity index (χ0n) is 17.0. The molecule has 1 aliphatic heterocycles. The Labute approximate surface area is 170 Å². The van der Waals surface area contributed by atoms with Gasteiger partial charge in [-0.3, -0.25) is 14.6 Å². The molecule has 1 N–H and O–H groups in total. The van der Waals surface area contributed by atoms with Gasteiger partial charge in [-0.05, 0) is 35.2 Å². The SMILES string of the molecule is CC(C)(C)c1ccc(NC(=O)C2CC(=O)N(c3cccc4cccnc34)C2)cc1. The van der Waals surface area contributed by atoms with Crippen LogP contribution in [0.15, 0.2) is 60.8 Å². The molecule has 0 radical (unpaired) electrons. The number of carbonyl (C=O) groups excluding carboxylic acids is 2. The highest BCUT2D eigenvalue weighted by atomic mass is 16.2. The summed E-state index contributed by atoms with van der Waals surface area (Å²) in [5.74, 6) is -0.562. The van der Waals surface area contributed by atoms with Crippen LogP contribution in [0.3, 0.4) is 0 Å². The Morgan fingerprint density at radius 2 is 1.79 bits per heavy atom. The summed E-state index contributed by atoms with van der Waals surface area (Å²) in [6.45, 7) is 6.82. The van der Waals surface area contributed by atoms with Crippen LogP contribution in [0, 0.1) is 5.92 Å². The second-order valence-electron chi connectivity index (χ2n) is 8.57. The van der Waals surface area contributed by atoms with Crippen molar-refractivity contribution in [1.82, 2.24) is 4.98 Å². The number of nitrogens with one attached hydrogen (secondary N) is 1. The van der Waals surface area contributed by atoms with Crippen molar-refractivity contribution in [2.45, 2.75) is 32.6 Å². The fraction of sp³-hybridized carbons (Fsp3) is 0.292. The van der Waals surface area contributed by atoms with Crippen LogP contribution in [0.5, 0.6) is 0 Å². The number of carbonyl (C=O) groups is 2. The summed E-state index contributed by atoms with van der Waals surface area (Å²) in [6.07, 6.45) is 1.92. The molecule has 1 unspecified atom stereocenters. The van der Waals surface area contributed by atoms with Crippen LogP contribution in [-0.4, -0.2) is 23.3 Å². The molecule has 1 aromatic heterocycles. The van der Waals surface area contributed by atoms with E-state index in [2.05, 4.69) is 31.1 Å². The lowest BCUT2D eigenvalue weighted by Gasteiger charge is -2.20. The Bertz CT molecular complexity index is 1060. The second kappa shape index (κ2) is 7.32. The summed E-state index contributed by atoms with van der Waals surface area (Å²) in [5.41, 5.74) is 3.56. The van der Waals surface area contributed by atoms with Gasteiger partial charge in [-0.1, -0.05) is 51.1 Å². The Morgan fingerprint density at radius 1 is 1.07 bits per heavy atom. The van der Waals surface area contributed by atoms with E-state index in [0.717, 1.165) is 22.3 Å². The van der Waals surface area contributed by atoms with Crippen molar-refractivity contribution in [3.63, 3.8) is 0 Å². The Kier molecular flexibility index (Phi) is 4.82. The van der Waals surface area contributed by atoms with Gasteiger partial charge in [-0.2, -0.15) is 0 Å². The van der Waals surface area contributed by atoms with E-state index in [1.54, 1.807) is 11.1 Å². The quantitative estimate of drug-likeness (QED) is 0.718. The minimum absolute atomic E-state index is 0.0496. The average Bonchev–Trinajstić information content (AvgIpc) is 3.09. The van der Waals surface area contributed by atoms with Gasteiger partial charge in [0.25, 0.3) is 0 Å². The molecule has 2 aromatic carbocycles. The number of hydrogen-bond acceptors (Lipinski definition) is 3. The Balaban J connectivity index is 1.49. The topological polar surface area (TPSA) is 62.3 Å². The zero-order valence-corrected chi connectivity index (χ0v) is 17.0. The van der Waals surface area contributed by atoms with Crippen LogP contribution in [-0.2, 0) is 15.0 Å². The number of para-hydroxylation sites is 1. The van der Waals surface area contributed by atoms with Crippen LogP contribution in [0.2, 0.25) is 0 Å². The third kappa shape index (κ3) is 3.86. The number of anilines is 2. The third-order valence-corrected chi connectivity index (χ3v) is 5.42. The predicted molar refractivity (Wildman–Crippen MR) is 116 cm³/mol. The minimum Gasteiger partial charge on any atom is -0.326 e. The highest BCUT2D eigenvalue weighted by molar-refractivity contribution is 6.07. The molecule has 5 heteroatoms. The first-order chi connectivity index (χ1) is 13.8. The van der Waals surface area contributed by atoms with E-state index in [9.17, 15) is 9.59 Å². The lowest BCUT2D eigenvalue weighted by Crippen LogP contribution is -2.28. The van der Waals surface area contributed by atoms with Gasteiger partial charge in [0.05, 0.1) is 17.1 Å². The van der Waals surface area contributed by atoms with E-state index in [0.29, 0.717) is 6.54 Å². The van der Waals surface area contributed by atoms with E-state index >= 15 is 0 Å². The van der Waals surface area contributed by atoms with Gasteiger partial charge in [0, 0.05) is 30.2 Å². The summed E-state index contributed by atoms with van der Waals surface area (Å²) < 4.78 is 0. The third-order valence-electron chi connectivity index (χ3n) is 5.42. The van der Waals surface area contributed by atoms with Gasteiger partial charge in [-0.15, -0.1) is 0 Å². The van der Waals surface area contributed by atoms with Crippen LogP contribution in [0.25, 0.3) is 10.9 Å². The van der Waals surface area contributed by atoms with Crippen molar-refractivity contribution >= 4 is 34.1 Å².